The van der Waals surface area contributed by atoms with Crippen LogP contribution in [0, 0.1) is 0 Å². The van der Waals surface area contributed by atoms with Gasteiger partial charge in [0.2, 0.25) is 0 Å². The first-order chi connectivity index (χ1) is 14.4. The highest BCUT2D eigenvalue weighted by molar-refractivity contribution is 5.28. The van der Waals surface area contributed by atoms with Crippen LogP contribution in [-0.4, -0.2) is 57.7 Å². The van der Waals surface area contributed by atoms with Crippen molar-refractivity contribution in [1.82, 2.24) is 15.6 Å². The lowest BCUT2D eigenvalue weighted by Crippen LogP contribution is -2.23. The molecule has 0 saturated carbocycles. The molecule has 2 bridgehead atoms. The molecule has 0 aliphatic carbocycles. The van der Waals surface area contributed by atoms with Gasteiger partial charge in [-0.2, -0.15) is 0 Å². The van der Waals surface area contributed by atoms with E-state index in [1.165, 1.54) is 0 Å². The van der Waals surface area contributed by atoms with Crippen molar-refractivity contribution in [2.45, 2.75) is 19.7 Å². The van der Waals surface area contributed by atoms with Crippen LogP contribution in [0.2, 0.25) is 0 Å². The second-order valence-electron chi connectivity index (χ2n) is 6.75. The molecule has 2 N–H and O–H groups in total. The number of benzene rings is 1. The summed E-state index contributed by atoms with van der Waals surface area (Å²) in [5.41, 5.74) is 3.05. The molecule has 0 saturated heterocycles. The molecule has 1 aliphatic heterocycles. The van der Waals surface area contributed by atoms with Crippen molar-refractivity contribution in [3.05, 3.63) is 59.4 Å². The van der Waals surface area contributed by atoms with E-state index < -0.39 is 0 Å². The number of nitrogens with one attached hydrogen (secondary N) is 2. The highest BCUT2D eigenvalue weighted by atomic mass is 16.5. The van der Waals surface area contributed by atoms with Crippen molar-refractivity contribution in [2.24, 2.45) is 0 Å². The molecule has 29 heavy (non-hydrogen) atoms. The van der Waals surface area contributed by atoms with Crippen LogP contribution in [0.3, 0.4) is 0 Å². The third kappa shape index (κ3) is 8.89. The van der Waals surface area contributed by atoms with Crippen LogP contribution in [-0.2, 0) is 33.9 Å². The number of rotatable bonds is 3. The van der Waals surface area contributed by atoms with Crippen LogP contribution in [0.1, 0.15) is 17.0 Å². The predicted octanol–water partition coefficient (Wildman–Crippen LogP) is 1.90. The SMILES string of the molecule is c1ccc(COc2cc3nc(c2)CNCCOCCOCCOCCNC3)cc1. The number of fused-ring (bicyclic) bond motifs is 2. The number of nitrogens with zero attached hydrogens (tertiary/aromatic N) is 1. The zero-order valence-corrected chi connectivity index (χ0v) is 16.9. The second-order valence-corrected chi connectivity index (χ2v) is 6.75. The largest absolute Gasteiger partial charge is 0.489 e. The van der Waals surface area contributed by atoms with Gasteiger partial charge >= 0.3 is 0 Å². The van der Waals surface area contributed by atoms with Crippen molar-refractivity contribution in [2.75, 3.05) is 52.7 Å². The third-order valence-electron chi connectivity index (χ3n) is 4.36. The lowest BCUT2D eigenvalue weighted by atomic mass is 10.2. The summed E-state index contributed by atoms with van der Waals surface area (Å²) >= 11 is 0. The molecule has 0 radical (unpaired) electrons. The van der Waals surface area contributed by atoms with Crippen molar-refractivity contribution in [3.63, 3.8) is 0 Å². The van der Waals surface area contributed by atoms with Gasteiger partial charge in [-0.1, -0.05) is 30.3 Å². The quantitative estimate of drug-likeness (QED) is 0.814. The Hall–Kier alpha value is -2.03. The lowest BCUT2D eigenvalue weighted by molar-refractivity contribution is 0.0156. The van der Waals surface area contributed by atoms with Crippen molar-refractivity contribution in [3.8, 4) is 5.75 Å². The molecule has 7 heteroatoms. The summed E-state index contributed by atoms with van der Waals surface area (Å²) in [6.07, 6.45) is 0. The zero-order chi connectivity index (χ0) is 20.0. The summed E-state index contributed by atoms with van der Waals surface area (Å²) in [5, 5.41) is 6.75. The van der Waals surface area contributed by atoms with E-state index in [1.807, 2.05) is 30.3 Å². The Balaban J connectivity index is 1.59. The maximum absolute atomic E-state index is 6.03. The highest BCUT2D eigenvalue weighted by Gasteiger charge is 2.06. The van der Waals surface area contributed by atoms with E-state index in [4.69, 9.17) is 23.9 Å². The standard InChI is InChI=1S/C22H31N3O4/c1-2-4-19(5-3-1)18-29-22-14-20-16-23-6-8-26-10-12-28-13-11-27-9-7-24-17-21(15-22)25-20/h1-5,14-15,23-24H,6-13,16-18H2. The van der Waals surface area contributed by atoms with Gasteiger partial charge in [0.15, 0.2) is 0 Å². The van der Waals surface area contributed by atoms with Gasteiger partial charge < -0.3 is 29.6 Å². The average molecular weight is 402 g/mol. The van der Waals surface area contributed by atoms with Crippen LogP contribution >= 0.6 is 0 Å². The van der Waals surface area contributed by atoms with Crippen molar-refractivity contribution < 1.29 is 18.9 Å². The van der Waals surface area contributed by atoms with Gasteiger partial charge in [0, 0.05) is 38.3 Å². The van der Waals surface area contributed by atoms with E-state index in [0.717, 1.165) is 35.8 Å². The molecular weight excluding hydrogens is 370 g/mol. The fourth-order valence-corrected chi connectivity index (χ4v) is 2.89. The normalized spacial score (nSPS) is 17.8. The van der Waals surface area contributed by atoms with Crippen LogP contribution in [0.5, 0.6) is 5.75 Å². The van der Waals surface area contributed by atoms with Gasteiger partial charge in [-0.25, -0.2) is 0 Å². The molecule has 3 rings (SSSR count). The molecule has 0 atom stereocenters. The highest BCUT2D eigenvalue weighted by Crippen LogP contribution is 2.16. The number of hydrogen-bond acceptors (Lipinski definition) is 7. The van der Waals surface area contributed by atoms with Crippen LogP contribution in [0.25, 0.3) is 0 Å². The molecule has 0 spiro atoms. The Kier molecular flexibility index (Phi) is 9.90. The second kappa shape index (κ2) is 13.2. The maximum atomic E-state index is 6.03. The predicted molar refractivity (Wildman–Crippen MR) is 111 cm³/mol. The summed E-state index contributed by atoms with van der Waals surface area (Å²) in [5.74, 6) is 0.830. The first kappa shape index (κ1) is 21.7. The fourth-order valence-electron chi connectivity index (χ4n) is 2.89. The summed E-state index contributed by atoms with van der Waals surface area (Å²) in [6, 6.07) is 14.2. The first-order valence-corrected chi connectivity index (χ1v) is 10.2. The number of aromatic nitrogens is 1. The van der Waals surface area contributed by atoms with E-state index in [9.17, 15) is 0 Å². The van der Waals surface area contributed by atoms with Gasteiger partial charge in [-0.3, -0.25) is 4.98 Å². The van der Waals surface area contributed by atoms with Crippen LogP contribution < -0.4 is 15.4 Å². The Labute approximate surface area is 172 Å². The maximum Gasteiger partial charge on any atom is 0.123 e. The number of pyridine rings is 1. The monoisotopic (exact) mass is 401 g/mol. The number of ether oxygens (including phenoxy) is 4. The molecule has 2 aromatic rings. The first-order valence-electron chi connectivity index (χ1n) is 10.2. The molecule has 2 heterocycles. The van der Waals surface area contributed by atoms with E-state index in [0.29, 0.717) is 59.3 Å². The van der Waals surface area contributed by atoms with Gasteiger partial charge in [-0.15, -0.1) is 0 Å². The van der Waals surface area contributed by atoms with E-state index >= 15 is 0 Å². The van der Waals surface area contributed by atoms with Crippen LogP contribution in [0.15, 0.2) is 42.5 Å². The minimum Gasteiger partial charge on any atom is -0.489 e. The summed E-state index contributed by atoms with van der Waals surface area (Å²) < 4.78 is 22.6. The zero-order valence-electron chi connectivity index (χ0n) is 16.9. The Morgan fingerprint density at radius 3 is 1.90 bits per heavy atom. The molecule has 1 aromatic carbocycles. The molecule has 0 fully saturated rings. The summed E-state index contributed by atoms with van der Waals surface area (Å²) in [7, 11) is 0. The number of hydrogen-bond donors (Lipinski definition) is 2. The lowest BCUT2D eigenvalue weighted by Gasteiger charge is -2.13. The van der Waals surface area contributed by atoms with E-state index in [-0.39, 0.29) is 0 Å². The Bertz CT molecular complexity index is 665. The van der Waals surface area contributed by atoms with Crippen molar-refractivity contribution in [1.29, 1.82) is 0 Å². The summed E-state index contributed by atoms with van der Waals surface area (Å²) in [6.45, 7) is 7.02. The molecule has 0 amide bonds. The molecule has 1 aliphatic rings. The molecular formula is C22H31N3O4. The summed E-state index contributed by atoms with van der Waals surface area (Å²) in [4.78, 5) is 4.74. The van der Waals surface area contributed by atoms with E-state index in [1.54, 1.807) is 0 Å². The molecule has 1 aromatic heterocycles. The molecule has 158 valence electrons. The topological polar surface area (TPSA) is 73.9 Å². The third-order valence-corrected chi connectivity index (χ3v) is 4.36. The van der Waals surface area contributed by atoms with Crippen LogP contribution in [0.4, 0.5) is 0 Å². The van der Waals surface area contributed by atoms with Gasteiger partial charge in [0.25, 0.3) is 0 Å². The van der Waals surface area contributed by atoms with Gasteiger partial charge in [0.05, 0.1) is 51.0 Å². The minimum absolute atomic E-state index is 0.536. The van der Waals surface area contributed by atoms with Crippen molar-refractivity contribution >= 4 is 0 Å². The molecule has 7 nitrogen and oxygen atoms in total. The molecule has 0 unspecified atom stereocenters. The van der Waals surface area contributed by atoms with Gasteiger partial charge in [-0.05, 0) is 5.56 Å². The average Bonchev–Trinajstić information content (AvgIpc) is 2.75. The Morgan fingerprint density at radius 2 is 1.31 bits per heavy atom. The fraction of sp³-hybridized carbons (Fsp3) is 0.500. The Morgan fingerprint density at radius 1 is 0.759 bits per heavy atom. The minimum atomic E-state index is 0.536. The van der Waals surface area contributed by atoms with E-state index in [2.05, 4.69) is 22.8 Å². The van der Waals surface area contributed by atoms with Gasteiger partial charge in [0.1, 0.15) is 12.4 Å². The smallest absolute Gasteiger partial charge is 0.123 e.